The van der Waals surface area contributed by atoms with E-state index in [0.29, 0.717) is 51.0 Å². The molecule has 0 spiro atoms. The van der Waals surface area contributed by atoms with Gasteiger partial charge in [0.15, 0.2) is 5.96 Å². The third kappa shape index (κ3) is 5.59. The van der Waals surface area contributed by atoms with Gasteiger partial charge in [0.1, 0.15) is 5.82 Å². The number of morpholine rings is 1. The van der Waals surface area contributed by atoms with Crippen molar-refractivity contribution in [3.8, 4) is 0 Å². The highest BCUT2D eigenvalue weighted by atomic mass is 19.1. The summed E-state index contributed by atoms with van der Waals surface area (Å²) in [7, 11) is 1.71. The molecule has 29 heavy (non-hydrogen) atoms. The van der Waals surface area contributed by atoms with E-state index >= 15 is 0 Å². The first-order chi connectivity index (χ1) is 14.0. The van der Waals surface area contributed by atoms with Crippen molar-refractivity contribution in [1.82, 2.24) is 15.5 Å². The molecule has 2 heterocycles. The lowest BCUT2D eigenvalue weighted by Crippen LogP contribution is -2.45. The SMILES string of the molecule is CN=C(NCc1ccc(N2CCOCC2)c(F)c1)NC1CCN(C(=O)C(C)C)C1. The van der Waals surface area contributed by atoms with E-state index in [1.165, 1.54) is 0 Å². The van der Waals surface area contributed by atoms with Crippen molar-refractivity contribution in [2.45, 2.75) is 32.9 Å². The van der Waals surface area contributed by atoms with Crippen molar-refractivity contribution in [1.29, 1.82) is 0 Å². The van der Waals surface area contributed by atoms with Gasteiger partial charge in [-0.2, -0.15) is 0 Å². The molecule has 160 valence electrons. The molecule has 0 aromatic heterocycles. The van der Waals surface area contributed by atoms with Gasteiger partial charge < -0.3 is 25.2 Å². The summed E-state index contributed by atoms with van der Waals surface area (Å²) in [5.74, 6) is 0.647. The average molecular weight is 406 g/mol. The van der Waals surface area contributed by atoms with Gasteiger partial charge in [0, 0.05) is 51.7 Å². The first kappa shape index (κ1) is 21.4. The standard InChI is InChI=1S/C21H32FN5O2/c1-15(2)20(28)27-7-6-17(14-27)25-21(23-3)24-13-16-4-5-19(18(22)12-16)26-8-10-29-11-9-26/h4-5,12,15,17H,6-11,13-14H2,1-3H3,(H2,23,24,25). The van der Waals surface area contributed by atoms with Crippen molar-refractivity contribution < 1.29 is 13.9 Å². The fraction of sp³-hybridized carbons (Fsp3) is 0.619. The smallest absolute Gasteiger partial charge is 0.225 e. The minimum Gasteiger partial charge on any atom is -0.378 e. The number of hydrogen-bond acceptors (Lipinski definition) is 4. The molecule has 1 atom stereocenters. The maximum Gasteiger partial charge on any atom is 0.225 e. The summed E-state index contributed by atoms with van der Waals surface area (Å²) in [4.78, 5) is 20.3. The predicted molar refractivity (Wildman–Crippen MR) is 113 cm³/mol. The fourth-order valence-electron chi connectivity index (χ4n) is 3.74. The highest BCUT2D eigenvalue weighted by molar-refractivity contribution is 5.81. The van der Waals surface area contributed by atoms with Gasteiger partial charge >= 0.3 is 0 Å². The molecule has 0 bridgehead atoms. The normalized spacial score (nSPS) is 20.3. The van der Waals surface area contributed by atoms with Crippen LogP contribution in [0.1, 0.15) is 25.8 Å². The van der Waals surface area contributed by atoms with Gasteiger partial charge in [-0.3, -0.25) is 9.79 Å². The van der Waals surface area contributed by atoms with Crippen LogP contribution < -0.4 is 15.5 Å². The Kier molecular flexibility index (Phi) is 7.30. The lowest BCUT2D eigenvalue weighted by Gasteiger charge is -2.29. The van der Waals surface area contributed by atoms with Crippen LogP contribution in [0, 0.1) is 11.7 Å². The number of guanidine groups is 1. The zero-order valence-electron chi connectivity index (χ0n) is 17.6. The number of nitrogens with zero attached hydrogens (tertiary/aromatic N) is 3. The Hall–Kier alpha value is -2.35. The second-order valence-electron chi connectivity index (χ2n) is 7.88. The van der Waals surface area contributed by atoms with Crippen molar-refractivity contribution in [3.63, 3.8) is 0 Å². The molecule has 1 amide bonds. The van der Waals surface area contributed by atoms with E-state index in [1.54, 1.807) is 13.1 Å². The molecule has 1 unspecified atom stereocenters. The molecular formula is C21H32FN5O2. The quantitative estimate of drug-likeness (QED) is 0.575. The van der Waals surface area contributed by atoms with Crippen LogP contribution in [0.3, 0.4) is 0 Å². The van der Waals surface area contributed by atoms with E-state index in [0.717, 1.165) is 18.5 Å². The topological polar surface area (TPSA) is 69.2 Å². The molecule has 0 radical (unpaired) electrons. The Bertz CT molecular complexity index is 734. The number of ether oxygens (including phenoxy) is 1. The van der Waals surface area contributed by atoms with Gasteiger partial charge in [-0.1, -0.05) is 19.9 Å². The molecule has 2 fully saturated rings. The van der Waals surface area contributed by atoms with E-state index in [-0.39, 0.29) is 23.7 Å². The van der Waals surface area contributed by atoms with E-state index < -0.39 is 0 Å². The highest BCUT2D eigenvalue weighted by Gasteiger charge is 2.28. The monoisotopic (exact) mass is 405 g/mol. The number of halogens is 1. The minimum atomic E-state index is -0.215. The summed E-state index contributed by atoms with van der Waals surface area (Å²) in [6, 6.07) is 5.51. The molecule has 0 saturated carbocycles. The third-order valence-electron chi connectivity index (χ3n) is 5.38. The van der Waals surface area contributed by atoms with E-state index in [1.807, 2.05) is 35.8 Å². The van der Waals surface area contributed by atoms with Crippen LogP contribution in [0.5, 0.6) is 0 Å². The molecular weight excluding hydrogens is 373 g/mol. The van der Waals surface area contributed by atoms with Gasteiger partial charge in [-0.25, -0.2) is 4.39 Å². The summed E-state index contributed by atoms with van der Waals surface area (Å²) in [6.45, 7) is 8.45. The number of amides is 1. The first-order valence-electron chi connectivity index (χ1n) is 10.3. The highest BCUT2D eigenvalue weighted by Crippen LogP contribution is 2.21. The second-order valence-corrected chi connectivity index (χ2v) is 7.88. The Morgan fingerprint density at radius 3 is 2.72 bits per heavy atom. The van der Waals surface area contributed by atoms with Gasteiger partial charge in [-0.15, -0.1) is 0 Å². The first-order valence-corrected chi connectivity index (χ1v) is 10.3. The fourth-order valence-corrected chi connectivity index (χ4v) is 3.74. The molecule has 7 nitrogen and oxygen atoms in total. The number of hydrogen-bond donors (Lipinski definition) is 2. The number of carbonyl (C=O) groups excluding carboxylic acids is 1. The van der Waals surface area contributed by atoms with Crippen molar-refractivity contribution in [3.05, 3.63) is 29.6 Å². The summed E-state index contributed by atoms with van der Waals surface area (Å²) < 4.78 is 19.9. The minimum absolute atomic E-state index is 0.0153. The lowest BCUT2D eigenvalue weighted by atomic mass is 10.1. The van der Waals surface area contributed by atoms with Crippen molar-refractivity contribution >= 4 is 17.6 Å². The molecule has 0 aliphatic carbocycles. The summed E-state index contributed by atoms with van der Waals surface area (Å²) in [5, 5.41) is 6.61. The zero-order chi connectivity index (χ0) is 20.8. The average Bonchev–Trinajstić information content (AvgIpc) is 3.19. The Balaban J connectivity index is 1.51. The van der Waals surface area contributed by atoms with Gasteiger partial charge in [-0.05, 0) is 24.1 Å². The molecule has 1 aromatic carbocycles. The van der Waals surface area contributed by atoms with Crippen LogP contribution in [0.2, 0.25) is 0 Å². The van der Waals surface area contributed by atoms with E-state index in [9.17, 15) is 9.18 Å². The maximum atomic E-state index is 14.6. The summed E-state index contributed by atoms with van der Waals surface area (Å²) >= 11 is 0. The van der Waals surface area contributed by atoms with E-state index in [2.05, 4.69) is 15.6 Å². The number of rotatable bonds is 5. The van der Waals surface area contributed by atoms with Gasteiger partial charge in [0.2, 0.25) is 5.91 Å². The molecule has 2 N–H and O–H groups in total. The van der Waals surface area contributed by atoms with E-state index in [4.69, 9.17) is 4.74 Å². The summed E-state index contributed by atoms with van der Waals surface area (Å²) in [5.41, 5.74) is 1.48. The van der Waals surface area contributed by atoms with Crippen LogP contribution in [-0.2, 0) is 16.1 Å². The number of likely N-dealkylation sites (tertiary alicyclic amines) is 1. The number of benzene rings is 1. The molecule has 2 saturated heterocycles. The lowest BCUT2D eigenvalue weighted by molar-refractivity contribution is -0.133. The van der Waals surface area contributed by atoms with Crippen LogP contribution in [-0.4, -0.2) is 69.2 Å². The van der Waals surface area contributed by atoms with Crippen molar-refractivity contribution in [2.75, 3.05) is 51.3 Å². The largest absolute Gasteiger partial charge is 0.378 e. The number of aliphatic imine (C=N–C) groups is 1. The third-order valence-corrected chi connectivity index (χ3v) is 5.38. The number of carbonyl (C=O) groups is 1. The zero-order valence-corrected chi connectivity index (χ0v) is 17.6. The molecule has 3 rings (SSSR count). The number of anilines is 1. The molecule has 2 aliphatic heterocycles. The van der Waals surface area contributed by atoms with Crippen LogP contribution in [0.4, 0.5) is 10.1 Å². The van der Waals surface area contributed by atoms with Gasteiger partial charge in [0.25, 0.3) is 0 Å². The maximum absolute atomic E-state index is 14.6. The molecule has 2 aliphatic rings. The second kappa shape index (κ2) is 9.91. The molecule has 1 aromatic rings. The Morgan fingerprint density at radius 2 is 2.07 bits per heavy atom. The van der Waals surface area contributed by atoms with Crippen molar-refractivity contribution in [2.24, 2.45) is 10.9 Å². The Morgan fingerprint density at radius 1 is 1.31 bits per heavy atom. The van der Waals surface area contributed by atoms with Crippen LogP contribution >= 0.6 is 0 Å². The Labute approximate surface area is 172 Å². The van der Waals surface area contributed by atoms with Gasteiger partial charge in [0.05, 0.1) is 18.9 Å². The predicted octanol–water partition coefficient (Wildman–Crippen LogP) is 1.58. The molecule has 8 heteroatoms. The number of nitrogens with one attached hydrogen (secondary N) is 2. The van der Waals surface area contributed by atoms with Crippen LogP contribution in [0.15, 0.2) is 23.2 Å². The summed E-state index contributed by atoms with van der Waals surface area (Å²) in [6.07, 6.45) is 0.891. The van der Waals surface area contributed by atoms with Crippen LogP contribution in [0.25, 0.3) is 0 Å².